The lowest BCUT2D eigenvalue weighted by Crippen LogP contribution is -2.49. The predicted octanol–water partition coefficient (Wildman–Crippen LogP) is 5.05. The Bertz CT molecular complexity index is 817. The molecule has 0 aromatic rings. The number of rotatable bonds is 15. The number of ether oxygens (including phenoxy) is 6. The first kappa shape index (κ1) is 29.5. The molecule has 0 spiro atoms. The van der Waals surface area contributed by atoms with Crippen LogP contribution in [0, 0.1) is 29.6 Å². The van der Waals surface area contributed by atoms with Gasteiger partial charge < -0.3 is 33.5 Å². The van der Waals surface area contributed by atoms with Gasteiger partial charge in [-0.25, -0.2) is 4.79 Å². The molecular weight excluding hydrogens is 488 g/mol. The van der Waals surface area contributed by atoms with Crippen LogP contribution >= 0.6 is 0 Å². The van der Waals surface area contributed by atoms with E-state index in [9.17, 15) is 9.90 Å². The maximum Gasteiger partial charge on any atom is 0.364 e. The van der Waals surface area contributed by atoms with Crippen LogP contribution < -0.4 is 0 Å². The zero-order chi connectivity index (χ0) is 27.0. The van der Waals surface area contributed by atoms with E-state index >= 15 is 0 Å². The second kappa shape index (κ2) is 14.2. The molecule has 1 N–H and O–H groups in total. The predicted molar refractivity (Wildman–Crippen MR) is 141 cm³/mol. The van der Waals surface area contributed by atoms with E-state index in [0.717, 1.165) is 58.0 Å². The summed E-state index contributed by atoms with van der Waals surface area (Å²) in [5, 5.41) is 10.2. The molecule has 0 aromatic carbocycles. The number of epoxide rings is 1. The van der Waals surface area contributed by atoms with Crippen LogP contribution in [0.1, 0.15) is 84.0 Å². The molecule has 0 amide bonds. The first-order chi connectivity index (χ1) is 18.4. The summed E-state index contributed by atoms with van der Waals surface area (Å²) in [6.45, 7) is 8.51. The topological polar surface area (TPSA) is 96.0 Å². The van der Waals surface area contributed by atoms with Gasteiger partial charge in [-0.3, -0.25) is 0 Å². The van der Waals surface area contributed by atoms with Crippen LogP contribution in [-0.2, 0) is 33.2 Å². The van der Waals surface area contributed by atoms with E-state index in [1.807, 2.05) is 0 Å². The third kappa shape index (κ3) is 8.27. The maximum absolute atomic E-state index is 12.5. The molecule has 3 heterocycles. The van der Waals surface area contributed by atoms with Gasteiger partial charge in [-0.2, -0.15) is 0 Å². The van der Waals surface area contributed by atoms with Crippen LogP contribution in [0.25, 0.3) is 0 Å². The third-order valence-electron chi connectivity index (χ3n) is 8.25. The van der Waals surface area contributed by atoms with E-state index in [-0.39, 0.29) is 18.6 Å². The molecule has 0 radical (unpaired) electrons. The van der Waals surface area contributed by atoms with Gasteiger partial charge in [0.2, 0.25) is 0 Å². The molecule has 4 rings (SSSR count). The summed E-state index contributed by atoms with van der Waals surface area (Å²) >= 11 is 0. The van der Waals surface area contributed by atoms with Crippen molar-refractivity contribution in [2.45, 2.75) is 115 Å². The molecule has 3 aliphatic heterocycles. The highest BCUT2D eigenvalue weighted by Crippen LogP contribution is 2.44. The fraction of sp³-hybridized carbons (Fsp3) is 0.833. The summed E-state index contributed by atoms with van der Waals surface area (Å²) in [7, 11) is 1.74. The molecule has 38 heavy (non-hydrogen) atoms. The minimum absolute atomic E-state index is 0.0160. The summed E-state index contributed by atoms with van der Waals surface area (Å²) in [6.07, 6.45) is 8.69. The number of carboxylic acid groups (broad SMARTS) is 1. The second-order valence-electron chi connectivity index (χ2n) is 11.3. The van der Waals surface area contributed by atoms with Gasteiger partial charge in [0.15, 0.2) is 12.6 Å². The quantitative estimate of drug-likeness (QED) is 0.103. The SMILES string of the molecule is C=C1CC[C@H](C#CCC(C)CCCOC)[C@H]1C[C@@H]1OC1CCC(OC1CCCO1)(OC1CCCO1)C(=O)O. The van der Waals surface area contributed by atoms with Gasteiger partial charge in [-0.1, -0.05) is 25.0 Å². The van der Waals surface area contributed by atoms with Crippen LogP contribution in [0.4, 0.5) is 0 Å². The zero-order valence-corrected chi connectivity index (χ0v) is 23.2. The van der Waals surface area contributed by atoms with E-state index in [2.05, 4.69) is 25.3 Å². The fourth-order valence-corrected chi connectivity index (χ4v) is 5.84. The van der Waals surface area contributed by atoms with Gasteiger partial charge >= 0.3 is 5.97 Å². The molecule has 0 aromatic heterocycles. The molecule has 8 nitrogen and oxygen atoms in total. The standard InChI is InChI=1S/C30H46O8/c1-21(9-5-17-33-3)8-4-10-23-14-13-22(2)24(23)20-26-25(36-26)15-16-30(29(31)32,37-27-11-6-18-34-27)38-28-12-7-19-35-28/h21,23-28H,2,5-9,11-20H2,1,3H3,(H,31,32)/t21?,23-,24-,25?,26-,27?,28?,30?/m0/s1. The number of carbonyl (C=O) groups is 1. The van der Waals surface area contributed by atoms with Gasteiger partial charge in [0.25, 0.3) is 5.79 Å². The molecule has 1 aliphatic carbocycles. The zero-order valence-electron chi connectivity index (χ0n) is 23.2. The molecule has 4 fully saturated rings. The van der Waals surface area contributed by atoms with Crippen molar-refractivity contribution in [2.24, 2.45) is 17.8 Å². The van der Waals surface area contributed by atoms with Crippen LogP contribution in [0.5, 0.6) is 0 Å². The molecule has 8 heteroatoms. The summed E-state index contributed by atoms with van der Waals surface area (Å²) in [4.78, 5) is 12.5. The van der Waals surface area contributed by atoms with Gasteiger partial charge in [-0.15, -0.1) is 5.92 Å². The number of methoxy groups -OCH3 is 1. The summed E-state index contributed by atoms with van der Waals surface area (Å²) < 4.78 is 34.3. The van der Waals surface area contributed by atoms with Crippen molar-refractivity contribution in [1.82, 2.24) is 0 Å². The van der Waals surface area contributed by atoms with Gasteiger partial charge in [0.1, 0.15) is 0 Å². The van der Waals surface area contributed by atoms with E-state index in [4.69, 9.17) is 28.4 Å². The highest BCUT2D eigenvalue weighted by atomic mass is 16.8. The van der Waals surface area contributed by atoms with Crippen molar-refractivity contribution in [3.8, 4) is 11.8 Å². The number of carboxylic acids is 1. The molecular formula is C30H46O8. The van der Waals surface area contributed by atoms with Crippen molar-refractivity contribution in [1.29, 1.82) is 0 Å². The Balaban J connectivity index is 1.28. The van der Waals surface area contributed by atoms with Crippen molar-refractivity contribution in [3.05, 3.63) is 12.2 Å². The Hall–Kier alpha value is -1.47. The number of hydrogen-bond donors (Lipinski definition) is 1. The summed E-state index contributed by atoms with van der Waals surface area (Å²) in [5.41, 5.74) is 1.26. The highest BCUT2D eigenvalue weighted by Gasteiger charge is 2.50. The minimum atomic E-state index is -1.80. The Morgan fingerprint density at radius 3 is 2.47 bits per heavy atom. The molecule has 214 valence electrons. The first-order valence-electron chi connectivity index (χ1n) is 14.5. The van der Waals surface area contributed by atoms with Crippen LogP contribution in [0.15, 0.2) is 12.2 Å². The molecule has 7 atom stereocenters. The van der Waals surface area contributed by atoms with E-state index in [0.29, 0.717) is 50.2 Å². The number of aliphatic carboxylic acids is 1. The van der Waals surface area contributed by atoms with Crippen LogP contribution in [-0.4, -0.2) is 68.6 Å². The number of allylic oxidation sites excluding steroid dienone is 1. The largest absolute Gasteiger partial charge is 0.477 e. The van der Waals surface area contributed by atoms with Crippen molar-refractivity contribution >= 4 is 5.97 Å². The van der Waals surface area contributed by atoms with E-state index in [1.165, 1.54) is 5.57 Å². The lowest BCUT2D eigenvalue weighted by molar-refractivity contribution is -0.333. The van der Waals surface area contributed by atoms with E-state index in [1.54, 1.807) is 7.11 Å². The average Bonchev–Trinajstić information content (AvgIpc) is 3.26. The first-order valence-corrected chi connectivity index (χ1v) is 14.5. The fourth-order valence-electron chi connectivity index (χ4n) is 5.84. The Kier molecular flexibility index (Phi) is 11.1. The lowest BCUT2D eigenvalue weighted by atomic mass is 9.88. The number of hydrogen-bond acceptors (Lipinski definition) is 7. The van der Waals surface area contributed by atoms with Crippen molar-refractivity contribution in [2.75, 3.05) is 26.9 Å². The van der Waals surface area contributed by atoms with Gasteiger partial charge in [0, 0.05) is 58.5 Å². The smallest absolute Gasteiger partial charge is 0.364 e. The minimum Gasteiger partial charge on any atom is -0.477 e. The van der Waals surface area contributed by atoms with Crippen molar-refractivity contribution in [3.63, 3.8) is 0 Å². The Morgan fingerprint density at radius 1 is 1.16 bits per heavy atom. The van der Waals surface area contributed by atoms with Gasteiger partial charge in [0.05, 0.1) is 12.2 Å². The molecule has 0 bridgehead atoms. The molecule has 4 aliphatic rings. The second-order valence-corrected chi connectivity index (χ2v) is 11.3. The Morgan fingerprint density at radius 2 is 1.87 bits per heavy atom. The van der Waals surface area contributed by atoms with E-state index < -0.39 is 24.3 Å². The molecule has 3 saturated heterocycles. The monoisotopic (exact) mass is 534 g/mol. The van der Waals surface area contributed by atoms with Crippen molar-refractivity contribution < 1.29 is 38.3 Å². The van der Waals surface area contributed by atoms with Gasteiger partial charge in [-0.05, 0) is 63.2 Å². The molecule has 4 unspecified atom stereocenters. The normalized spacial score (nSPS) is 33.1. The summed E-state index contributed by atoms with van der Waals surface area (Å²) in [5.74, 6) is 5.26. The summed E-state index contributed by atoms with van der Waals surface area (Å²) in [6, 6.07) is 0. The third-order valence-corrected chi connectivity index (χ3v) is 8.25. The highest BCUT2D eigenvalue weighted by molar-refractivity contribution is 5.75. The lowest BCUT2D eigenvalue weighted by Gasteiger charge is -2.33. The maximum atomic E-state index is 12.5. The van der Waals surface area contributed by atoms with Crippen LogP contribution in [0.3, 0.4) is 0 Å². The average molecular weight is 535 g/mol. The van der Waals surface area contributed by atoms with Crippen LogP contribution in [0.2, 0.25) is 0 Å². The molecule has 1 saturated carbocycles. The Labute approximate surface area is 227 Å².